The van der Waals surface area contributed by atoms with Gasteiger partial charge in [0.2, 0.25) is 0 Å². The van der Waals surface area contributed by atoms with Crippen LogP contribution in [0.4, 0.5) is 0 Å². The Morgan fingerprint density at radius 1 is 1.31 bits per heavy atom. The molecular formula is C4H10O7S2. The van der Waals surface area contributed by atoms with E-state index in [1.54, 1.807) is 0 Å². The molecule has 0 bridgehead atoms. The van der Waals surface area contributed by atoms with Crippen LogP contribution in [0.25, 0.3) is 0 Å². The minimum Gasteiger partial charge on any atom is -0.375 e. The SMILES string of the molecule is CC(O)S(=O)(=O)OCCS(=O)(=O)O. The van der Waals surface area contributed by atoms with Crippen molar-refractivity contribution in [1.82, 2.24) is 0 Å². The van der Waals surface area contributed by atoms with Crippen LogP contribution in [0, 0.1) is 0 Å². The molecule has 0 rings (SSSR count). The Kier molecular flexibility index (Phi) is 4.26. The van der Waals surface area contributed by atoms with Gasteiger partial charge in [0.05, 0.1) is 6.61 Å². The minimum absolute atomic E-state index is 0.716. The second-order valence-corrected chi connectivity index (χ2v) is 5.68. The average molecular weight is 234 g/mol. The second-order valence-electron chi connectivity index (χ2n) is 2.20. The van der Waals surface area contributed by atoms with Crippen molar-refractivity contribution in [2.24, 2.45) is 0 Å². The molecule has 0 saturated carbocycles. The molecule has 0 aromatic carbocycles. The lowest BCUT2D eigenvalue weighted by atomic mass is 10.9. The summed E-state index contributed by atoms with van der Waals surface area (Å²) in [6.07, 6.45) is 0. The van der Waals surface area contributed by atoms with E-state index in [0.29, 0.717) is 0 Å². The van der Waals surface area contributed by atoms with E-state index in [4.69, 9.17) is 9.66 Å². The first kappa shape index (κ1) is 12.8. The van der Waals surface area contributed by atoms with E-state index >= 15 is 0 Å². The first-order chi connectivity index (χ1) is 5.65. The standard InChI is InChI=1S/C4H10O7S2/c1-4(5)13(9,10)11-2-3-12(6,7)8/h4-5H,2-3H2,1H3,(H,6,7,8). The Bertz CT molecular complexity index is 337. The molecule has 0 amide bonds. The largest absolute Gasteiger partial charge is 0.375 e. The first-order valence-corrected chi connectivity index (χ1v) is 6.25. The lowest BCUT2D eigenvalue weighted by Crippen LogP contribution is -2.22. The maximum absolute atomic E-state index is 10.7. The number of hydrogen-bond acceptors (Lipinski definition) is 6. The molecule has 1 atom stereocenters. The number of hydrogen-bond donors (Lipinski definition) is 2. The van der Waals surface area contributed by atoms with E-state index in [-0.39, 0.29) is 0 Å². The highest BCUT2D eigenvalue weighted by Gasteiger charge is 2.19. The lowest BCUT2D eigenvalue weighted by Gasteiger charge is -2.05. The fourth-order valence-electron chi connectivity index (χ4n) is 0.354. The van der Waals surface area contributed by atoms with E-state index < -0.39 is 38.0 Å². The van der Waals surface area contributed by atoms with Crippen LogP contribution in [0.2, 0.25) is 0 Å². The van der Waals surface area contributed by atoms with Crippen LogP contribution in [-0.4, -0.2) is 44.3 Å². The Morgan fingerprint density at radius 3 is 2.08 bits per heavy atom. The van der Waals surface area contributed by atoms with E-state index in [0.717, 1.165) is 6.92 Å². The predicted octanol–water partition coefficient (Wildman–Crippen LogP) is -1.44. The summed E-state index contributed by atoms with van der Waals surface area (Å²) < 4.78 is 53.8. The van der Waals surface area contributed by atoms with Crippen molar-refractivity contribution >= 4 is 20.2 Å². The van der Waals surface area contributed by atoms with Crippen LogP contribution >= 0.6 is 0 Å². The molecule has 1 unspecified atom stereocenters. The monoisotopic (exact) mass is 234 g/mol. The lowest BCUT2D eigenvalue weighted by molar-refractivity contribution is 0.230. The summed E-state index contributed by atoms with van der Waals surface area (Å²) in [5, 5.41) is 8.58. The Morgan fingerprint density at radius 2 is 1.77 bits per heavy atom. The zero-order valence-electron chi connectivity index (χ0n) is 6.74. The van der Waals surface area contributed by atoms with Crippen molar-refractivity contribution in [1.29, 1.82) is 0 Å². The van der Waals surface area contributed by atoms with E-state index in [9.17, 15) is 16.8 Å². The molecular weight excluding hydrogens is 224 g/mol. The number of aliphatic hydroxyl groups excluding tert-OH is 1. The van der Waals surface area contributed by atoms with Gasteiger partial charge < -0.3 is 5.11 Å². The quantitative estimate of drug-likeness (QED) is 0.441. The Balaban J connectivity index is 4.07. The summed E-state index contributed by atoms with van der Waals surface area (Å²) >= 11 is 0. The van der Waals surface area contributed by atoms with Gasteiger partial charge in [-0.2, -0.15) is 16.8 Å². The van der Waals surface area contributed by atoms with Gasteiger partial charge in [0.25, 0.3) is 20.2 Å². The van der Waals surface area contributed by atoms with Gasteiger partial charge in [0.1, 0.15) is 5.75 Å². The van der Waals surface area contributed by atoms with Gasteiger partial charge in [0, 0.05) is 0 Å². The van der Waals surface area contributed by atoms with Crippen LogP contribution in [0.1, 0.15) is 6.92 Å². The highest BCUT2D eigenvalue weighted by molar-refractivity contribution is 7.87. The highest BCUT2D eigenvalue weighted by Crippen LogP contribution is 2.00. The van der Waals surface area contributed by atoms with Gasteiger partial charge in [-0.25, -0.2) is 0 Å². The third kappa shape index (κ3) is 5.93. The normalized spacial score (nSPS) is 15.6. The van der Waals surface area contributed by atoms with Gasteiger partial charge in [-0.1, -0.05) is 0 Å². The fraction of sp³-hybridized carbons (Fsp3) is 1.00. The molecule has 0 spiro atoms. The molecule has 0 heterocycles. The molecule has 9 heteroatoms. The molecule has 0 fully saturated rings. The maximum atomic E-state index is 10.7. The van der Waals surface area contributed by atoms with Crippen LogP contribution in [0.3, 0.4) is 0 Å². The third-order valence-electron chi connectivity index (χ3n) is 1.01. The third-order valence-corrected chi connectivity index (χ3v) is 3.02. The molecule has 0 radical (unpaired) electrons. The molecule has 0 aliphatic heterocycles. The van der Waals surface area contributed by atoms with Gasteiger partial charge in [-0.3, -0.25) is 8.74 Å². The molecule has 0 aromatic rings. The zero-order valence-corrected chi connectivity index (χ0v) is 8.38. The molecule has 13 heavy (non-hydrogen) atoms. The Hall–Kier alpha value is -0.220. The number of aliphatic hydroxyl groups is 1. The summed E-state index contributed by atoms with van der Waals surface area (Å²) in [6, 6.07) is 0. The topological polar surface area (TPSA) is 118 Å². The van der Waals surface area contributed by atoms with E-state index in [2.05, 4.69) is 4.18 Å². The first-order valence-electron chi connectivity index (χ1n) is 3.16. The predicted molar refractivity (Wildman–Crippen MR) is 43.0 cm³/mol. The van der Waals surface area contributed by atoms with Crippen molar-refractivity contribution in [2.75, 3.05) is 12.4 Å². The van der Waals surface area contributed by atoms with Crippen LogP contribution in [0.5, 0.6) is 0 Å². The van der Waals surface area contributed by atoms with Gasteiger partial charge >= 0.3 is 0 Å². The zero-order chi connectivity index (χ0) is 10.7. The minimum atomic E-state index is -4.24. The van der Waals surface area contributed by atoms with Gasteiger partial charge in [-0.05, 0) is 6.92 Å². The summed E-state index contributed by atoms with van der Waals surface area (Å²) in [4.78, 5) is 0. The fourth-order valence-corrected chi connectivity index (χ4v) is 1.27. The van der Waals surface area contributed by atoms with Gasteiger partial charge in [0.15, 0.2) is 5.44 Å². The summed E-state index contributed by atoms with van der Waals surface area (Å²) in [6.45, 7) is 0.245. The summed E-state index contributed by atoms with van der Waals surface area (Å²) in [7, 11) is -8.38. The molecule has 0 aliphatic carbocycles. The van der Waals surface area contributed by atoms with Crippen molar-refractivity contribution in [3.05, 3.63) is 0 Å². The molecule has 7 nitrogen and oxygen atoms in total. The van der Waals surface area contributed by atoms with E-state index in [1.165, 1.54) is 0 Å². The van der Waals surface area contributed by atoms with Crippen molar-refractivity contribution in [3.8, 4) is 0 Å². The number of rotatable bonds is 5. The van der Waals surface area contributed by atoms with Crippen LogP contribution in [-0.2, 0) is 24.4 Å². The molecule has 0 aromatic heterocycles. The average Bonchev–Trinajstić information content (AvgIpc) is 1.82. The van der Waals surface area contributed by atoms with E-state index in [1.807, 2.05) is 0 Å². The van der Waals surface area contributed by atoms with Crippen LogP contribution < -0.4 is 0 Å². The van der Waals surface area contributed by atoms with Crippen molar-refractivity contribution in [3.63, 3.8) is 0 Å². The highest BCUT2D eigenvalue weighted by atomic mass is 32.2. The molecule has 0 saturated heterocycles. The smallest absolute Gasteiger partial charge is 0.294 e. The van der Waals surface area contributed by atoms with Crippen molar-refractivity contribution < 1.29 is 30.7 Å². The van der Waals surface area contributed by atoms with Crippen LogP contribution in [0.15, 0.2) is 0 Å². The summed E-state index contributed by atoms with van der Waals surface area (Å²) in [5.74, 6) is -0.834. The maximum Gasteiger partial charge on any atom is 0.294 e. The summed E-state index contributed by atoms with van der Waals surface area (Å²) in [5.41, 5.74) is -1.73. The van der Waals surface area contributed by atoms with Gasteiger partial charge in [-0.15, -0.1) is 0 Å². The Labute approximate surface area is 76.2 Å². The molecule has 80 valence electrons. The second kappa shape index (κ2) is 4.33. The van der Waals surface area contributed by atoms with Crippen molar-refractivity contribution in [2.45, 2.75) is 12.4 Å². The molecule has 0 aliphatic rings. The molecule has 2 N–H and O–H groups in total.